The van der Waals surface area contributed by atoms with Crippen LogP contribution < -0.4 is 0 Å². The Morgan fingerprint density at radius 2 is 1.74 bits per heavy atom. The molecular weight excluding hydrogens is 230 g/mol. The van der Waals surface area contributed by atoms with Crippen LogP contribution >= 0.6 is 0 Å². The number of allylic oxidation sites excluding steroid dienone is 2. The van der Waals surface area contributed by atoms with Crippen molar-refractivity contribution in [2.45, 2.75) is 73.3 Å². The molecule has 1 aliphatic carbocycles. The van der Waals surface area contributed by atoms with Gasteiger partial charge in [-0.2, -0.15) is 0 Å². The predicted molar refractivity (Wildman–Crippen MR) is 84.3 cm³/mol. The molecular formula is C18H33N. The molecule has 0 aromatic rings. The van der Waals surface area contributed by atoms with Crippen LogP contribution in [-0.2, 0) is 0 Å². The number of hydrogen-bond acceptors (Lipinski definition) is 1. The Balaban J connectivity index is 2.23. The van der Waals surface area contributed by atoms with Crippen molar-refractivity contribution in [2.75, 3.05) is 13.1 Å². The van der Waals surface area contributed by atoms with Crippen LogP contribution in [0, 0.1) is 17.3 Å². The summed E-state index contributed by atoms with van der Waals surface area (Å²) < 4.78 is 0. The van der Waals surface area contributed by atoms with Gasteiger partial charge in [-0.15, -0.1) is 0 Å². The third kappa shape index (κ3) is 2.51. The van der Waals surface area contributed by atoms with Crippen LogP contribution in [0.1, 0.15) is 67.2 Å². The van der Waals surface area contributed by atoms with Crippen LogP contribution in [-0.4, -0.2) is 24.0 Å². The lowest BCUT2D eigenvalue weighted by atomic mass is 9.67. The molecule has 1 atom stereocenters. The molecule has 1 unspecified atom stereocenters. The standard InChI is InChI=1S/C18H33N/c1-7-17-16(13(2)3)12-15(6)18(17)8-10-19(11-9-18)14(4)5/h13-15H,7-12H2,1-6H3. The van der Waals surface area contributed by atoms with Gasteiger partial charge >= 0.3 is 0 Å². The van der Waals surface area contributed by atoms with Crippen LogP contribution in [0.5, 0.6) is 0 Å². The highest BCUT2D eigenvalue weighted by Gasteiger charge is 2.47. The van der Waals surface area contributed by atoms with Crippen LogP contribution in [0.25, 0.3) is 0 Å². The molecule has 2 rings (SSSR count). The molecule has 0 N–H and O–H groups in total. The van der Waals surface area contributed by atoms with Gasteiger partial charge in [-0.05, 0) is 69.9 Å². The Labute approximate surface area is 120 Å². The van der Waals surface area contributed by atoms with Gasteiger partial charge in [-0.25, -0.2) is 0 Å². The van der Waals surface area contributed by atoms with Crippen molar-refractivity contribution in [2.24, 2.45) is 17.3 Å². The Bertz CT molecular complexity index is 343. The largest absolute Gasteiger partial charge is 0.301 e. The fraction of sp³-hybridized carbons (Fsp3) is 0.889. The minimum Gasteiger partial charge on any atom is -0.301 e. The lowest BCUT2D eigenvalue weighted by molar-refractivity contribution is 0.0762. The maximum Gasteiger partial charge on any atom is 0.00386 e. The molecule has 0 aromatic carbocycles. The van der Waals surface area contributed by atoms with E-state index in [4.69, 9.17) is 0 Å². The molecule has 1 saturated heterocycles. The van der Waals surface area contributed by atoms with Crippen molar-refractivity contribution in [3.05, 3.63) is 11.1 Å². The summed E-state index contributed by atoms with van der Waals surface area (Å²) in [7, 11) is 0. The smallest absolute Gasteiger partial charge is 0.00386 e. The van der Waals surface area contributed by atoms with Gasteiger partial charge < -0.3 is 4.90 Å². The number of rotatable bonds is 3. The fourth-order valence-electron chi connectivity index (χ4n) is 4.66. The first-order valence-electron chi connectivity index (χ1n) is 8.38. The zero-order valence-corrected chi connectivity index (χ0v) is 13.9. The molecule has 1 spiro atoms. The minimum atomic E-state index is 0.555. The van der Waals surface area contributed by atoms with Crippen LogP contribution in [0.4, 0.5) is 0 Å². The first kappa shape index (κ1) is 15.1. The van der Waals surface area contributed by atoms with E-state index in [1.54, 1.807) is 5.57 Å². The second-order valence-corrected chi connectivity index (χ2v) is 7.40. The number of piperidine rings is 1. The maximum atomic E-state index is 2.67. The molecule has 0 aromatic heterocycles. The first-order valence-corrected chi connectivity index (χ1v) is 8.38. The average molecular weight is 263 g/mol. The van der Waals surface area contributed by atoms with Crippen LogP contribution in [0.2, 0.25) is 0 Å². The number of hydrogen-bond donors (Lipinski definition) is 0. The van der Waals surface area contributed by atoms with E-state index in [1.807, 2.05) is 5.57 Å². The summed E-state index contributed by atoms with van der Waals surface area (Å²) >= 11 is 0. The summed E-state index contributed by atoms with van der Waals surface area (Å²) in [6.45, 7) is 17.0. The van der Waals surface area contributed by atoms with E-state index in [-0.39, 0.29) is 0 Å². The van der Waals surface area contributed by atoms with E-state index < -0.39 is 0 Å². The summed E-state index contributed by atoms with van der Waals surface area (Å²) in [5.74, 6) is 1.62. The third-order valence-corrected chi connectivity index (χ3v) is 5.93. The molecule has 1 heteroatoms. The first-order chi connectivity index (χ1) is 8.92. The van der Waals surface area contributed by atoms with Gasteiger partial charge in [0.15, 0.2) is 0 Å². The Hall–Kier alpha value is -0.300. The predicted octanol–water partition coefficient (Wildman–Crippen LogP) is 4.88. The molecule has 0 radical (unpaired) electrons. The summed E-state index contributed by atoms with van der Waals surface area (Å²) in [4.78, 5) is 2.67. The van der Waals surface area contributed by atoms with Crippen LogP contribution in [0.15, 0.2) is 11.1 Å². The van der Waals surface area contributed by atoms with Gasteiger partial charge in [0, 0.05) is 6.04 Å². The monoisotopic (exact) mass is 263 g/mol. The molecule has 1 aliphatic heterocycles. The molecule has 0 saturated carbocycles. The summed E-state index contributed by atoms with van der Waals surface area (Å²) in [5.41, 5.74) is 4.20. The van der Waals surface area contributed by atoms with Crippen molar-refractivity contribution in [3.63, 3.8) is 0 Å². The number of nitrogens with zero attached hydrogens (tertiary/aromatic N) is 1. The van der Waals surface area contributed by atoms with E-state index in [9.17, 15) is 0 Å². The Morgan fingerprint density at radius 3 is 2.16 bits per heavy atom. The lowest BCUT2D eigenvalue weighted by Gasteiger charge is -2.45. The average Bonchev–Trinajstić information content (AvgIpc) is 2.63. The highest BCUT2D eigenvalue weighted by atomic mass is 15.2. The van der Waals surface area contributed by atoms with E-state index in [1.165, 1.54) is 38.8 Å². The molecule has 1 nitrogen and oxygen atoms in total. The molecule has 1 heterocycles. The van der Waals surface area contributed by atoms with Gasteiger partial charge in [0.1, 0.15) is 0 Å². The fourth-order valence-corrected chi connectivity index (χ4v) is 4.66. The van der Waals surface area contributed by atoms with Crippen LogP contribution in [0.3, 0.4) is 0 Å². The van der Waals surface area contributed by atoms with Gasteiger partial charge in [0.05, 0.1) is 0 Å². The SMILES string of the molecule is CCC1=C(C(C)C)CC(C)C12CCN(C(C)C)CC2. The van der Waals surface area contributed by atoms with Gasteiger partial charge in [0.25, 0.3) is 0 Å². The van der Waals surface area contributed by atoms with Crippen molar-refractivity contribution in [3.8, 4) is 0 Å². The van der Waals surface area contributed by atoms with E-state index in [2.05, 4.69) is 46.4 Å². The van der Waals surface area contributed by atoms with Crippen molar-refractivity contribution in [1.82, 2.24) is 4.90 Å². The topological polar surface area (TPSA) is 3.24 Å². The molecule has 0 amide bonds. The highest BCUT2D eigenvalue weighted by molar-refractivity contribution is 5.32. The van der Waals surface area contributed by atoms with Crippen molar-refractivity contribution < 1.29 is 0 Å². The summed E-state index contributed by atoms with van der Waals surface area (Å²) in [6, 6.07) is 0.715. The van der Waals surface area contributed by atoms with Gasteiger partial charge in [0.2, 0.25) is 0 Å². The van der Waals surface area contributed by atoms with Crippen molar-refractivity contribution >= 4 is 0 Å². The zero-order valence-electron chi connectivity index (χ0n) is 13.9. The number of likely N-dealkylation sites (tertiary alicyclic amines) is 1. The van der Waals surface area contributed by atoms with Gasteiger partial charge in [-0.1, -0.05) is 38.8 Å². The Morgan fingerprint density at radius 1 is 1.16 bits per heavy atom. The van der Waals surface area contributed by atoms with E-state index in [0.29, 0.717) is 11.5 Å². The normalized spacial score (nSPS) is 28.1. The minimum absolute atomic E-state index is 0.555. The van der Waals surface area contributed by atoms with Gasteiger partial charge in [-0.3, -0.25) is 0 Å². The van der Waals surface area contributed by atoms with E-state index >= 15 is 0 Å². The molecule has 0 bridgehead atoms. The molecule has 1 fully saturated rings. The third-order valence-electron chi connectivity index (χ3n) is 5.93. The quantitative estimate of drug-likeness (QED) is 0.656. The Kier molecular flexibility index (Phi) is 4.45. The van der Waals surface area contributed by atoms with Crippen molar-refractivity contribution in [1.29, 1.82) is 0 Å². The molecule has 19 heavy (non-hydrogen) atoms. The molecule has 2 aliphatic rings. The summed E-state index contributed by atoms with van der Waals surface area (Å²) in [6.07, 6.45) is 5.43. The second-order valence-electron chi connectivity index (χ2n) is 7.40. The maximum absolute atomic E-state index is 2.67. The lowest BCUT2D eigenvalue weighted by Crippen LogP contribution is -2.45. The highest BCUT2D eigenvalue weighted by Crippen LogP contribution is 2.56. The summed E-state index contributed by atoms with van der Waals surface area (Å²) in [5, 5.41) is 0. The zero-order chi connectivity index (χ0) is 14.2. The second kappa shape index (κ2) is 5.60. The molecule has 110 valence electrons. The van der Waals surface area contributed by atoms with E-state index in [0.717, 1.165) is 11.8 Å².